The van der Waals surface area contributed by atoms with Crippen LogP contribution in [0.4, 0.5) is 0 Å². The van der Waals surface area contributed by atoms with Crippen molar-refractivity contribution < 1.29 is 9.53 Å². The Labute approximate surface area is 144 Å². The van der Waals surface area contributed by atoms with Gasteiger partial charge in [-0.25, -0.2) is 0 Å². The molecule has 1 aliphatic carbocycles. The number of rotatable bonds is 2. The van der Waals surface area contributed by atoms with E-state index in [1.165, 1.54) is 6.42 Å². The summed E-state index contributed by atoms with van der Waals surface area (Å²) in [5.41, 5.74) is 2.27. The van der Waals surface area contributed by atoms with Crippen LogP contribution >= 0.6 is 0 Å². The van der Waals surface area contributed by atoms with Crippen LogP contribution in [0.3, 0.4) is 0 Å². The fourth-order valence-electron chi connectivity index (χ4n) is 3.83. The number of hydrogen-bond acceptors (Lipinski definition) is 4. The normalized spacial score (nSPS) is 20.6. The van der Waals surface area contributed by atoms with Crippen LogP contribution in [-0.2, 0) is 0 Å². The highest BCUT2D eigenvalue weighted by Gasteiger charge is 2.45. The van der Waals surface area contributed by atoms with Gasteiger partial charge in [-0.3, -0.25) is 9.20 Å². The summed E-state index contributed by atoms with van der Waals surface area (Å²) in [6.07, 6.45) is 7.48. The van der Waals surface area contributed by atoms with E-state index in [4.69, 9.17) is 4.74 Å². The van der Waals surface area contributed by atoms with Crippen molar-refractivity contribution in [2.75, 3.05) is 0 Å². The van der Waals surface area contributed by atoms with Crippen LogP contribution in [0.25, 0.3) is 5.65 Å². The van der Waals surface area contributed by atoms with Crippen molar-refractivity contribution in [2.24, 2.45) is 0 Å². The first-order chi connectivity index (χ1) is 12.2. The van der Waals surface area contributed by atoms with Crippen molar-refractivity contribution in [1.82, 2.24) is 19.9 Å². The van der Waals surface area contributed by atoms with Gasteiger partial charge in [-0.2, -0.15) is 0 Å². The average molecular weight is 334 g/mol. The minimum atomic E-state index is -0.107. The monoisotopic (exact) mass is 334 g/mol. The van der Waals surface area contributed by atoms with E-state index in [1.807, 2.05) is 24.3 Å². The number of benzene rings is 1. The Hall–Kier alpha value is -2.89. The summed E-state index contributed by atoms with van der Waals surface area (Å²) in [6, 6.07) is 11.6. The largest absolute Gasteiger partial charge is 0.487 e. The highest BCUT2D eigenvalue weighted by Crippen LogP contribution is 2.48. The molecule has 1 unspecified atom stereocenters. The van der Waals surface area contributed by atoms with Gasteiger partial charge in [0.25, 0.3) is 5.91 Å². The fourth-order valence-corrected chi connectivity index (χ4v) is 3.83. The van der Waals surface area contributed by atoms with Gasteiger partial charge < -0.3 is 10.1 Å². The zero-order valence-corrected chi connectivity index (χ0v) is 13.7. The predicted molar refractivity (Wildman–Crippen MR) is 91.5 cm³/mol. The lowest BCUT2D eigenvalue weighted by Crippen LogP contribution is -2.49. The predicted octanol–water partition coefficient (Wildman–Crippen LogP) is 2.91. The Kier molecular flexibility index (Phi) is 3.07. The number of ether oxygens (including phenoxy) is 1. The number of nitrogens with one attached hydrogen (secondary N) is 1. The van der Waals surface area contributed by atoms with E-state index in [9.17, 15) is 4.79 Å². The standard InChI is InChI=1S/C19H18N4O2/c24-18(13-6-7-17-22-20-12-23(17)11-13)21-15-10-19(8-3-9-19)25-16-5-2-1-4-14(15)16/h1-2,4-7,11-12,15H,3,8-10H2,(H,21,24). The Bertz CT molecular complexity index is 961. The van der Waals surface area contributed by atoms with Gasteiger partial charge in [0.05, 0.1) is 11.6 Å². The molecule has 1 aromatic carbocycles. The number of fused-ring (bicyclic) bond motifs is 2. The molecule has 25 heavy (non-hydrogen) atoms. The Morgan fingerprint density at radius 1 is 1.24 bits per heavy atom. The molecule has 2 aliphatic rings. The number of hydrogen-bond donors (Lipinski definition) is 1. The SMILES string of the molecule is O=C(NC1CC2(CCC2)Oc2ccccc21)c1ccc2nncn2c1. The zero-order chi connectivity index (χ0) is 16.9. The fraction of sp³-hybridized carbons (Fsp3) is 0.316. The number of aromatic nitrogens is 3. The summed E-state index contributed by atoms with van der Waals surface area (Å²) in [5, 5.41) is 11.0. The second kappa shape index (κ2) is 5.31. The van der Waals surface area contributed by atoms with Crippen LogP contribution in [0.2, 0.25) is 0 Å². The molecule has 1 atom stereocenters. The quantitative estimate of drug-likeness (QED) is 0.782. The number of amides is 1. The van der Waals surface area contributed by atoms with E-state index in [1.54, 1.807) is 29.1 Å². The Balaban J connectivity index is 1.45. The minimum absolute atomic E-state index is 0.0330. The molecule has 0 bridgehead atoms. The van der Waals surface area contributed by atoms with Gasteiger partial charge in [-0.05, 0) is 37.5 Å². The van der Waals surface area contributed by atoms with Crippen LogP contribution in [0.1, 0.15) is 47.6 Å². The van der Waals surface area contributed by atoms with Gasteiger partial charge in [-0.15, -0.1) is 10.2 Å². The van der Waals surface area contributed by atoms with Crippen LogP contribution in [0.15, 0.2) is 48.9 Å². The lowest BCUT2D eigenvalue weighted by Gasteiger charge is -2.48. The Morgan fingerprint density at radius 2 is 2.12 bits per heavy atom. The summed E-state index contributed by atoms with van der Waals surface area (Å²) < 4.78 is 8.00. The highest BCUT2D eigenvalue weighted by molar-refractivity contribution is 5.94. The molecule has 1 aliphatic heterocycles. The maximum atomic E-state index is 12.8. The topological polar surface area (TPSA) is 68.5 Å². The number of nitrogens with zero attached hydrogens (tertiary/aromatic N) is 3. The summed E-state index contributed by atoms with van der Waals surface area (Å²) in [5.74, 6) is 0.805. The highest BCUT2D eigenvalue weighted by atomic mass is 16.5. The van der Waals surface area contributed by atoms with Crippen molar-refractivity contribution in [1.29, 1.82) is 0 Å². The van der Waals surface area contributed by atoms with Crippen LogP contribution in [-0.4, -0.2) is 26.1 Å². The van der Waals surface area contributed by atoms with Gasteiger partial charge in [0.15, 0.2) is 5.65 Å². The molecule has 0 radical (unpaired) electrons. The molecule has 1 fully saturated rings. The molecule has 0 saturated heterocycles. The average Bonchev–Trinajstić information content (AvgIpc) is 3.08. The second-order valence-corrected chi connectivity index (χ2v) is 6.92. The van der Waals surface area contributed by atoms with Crippen molar-refractivity contribution in [3.8, 4) is 5.75 Å². The molecule has 126 valence electrons. The van der Waals surface area contributed by atoms with E-state index in [0.717, 1.165) is 36.2 Å². The molecule has 1 N–H and O–H groups in total. The van der Waals surface area contributed by atoms with E-state index in [0.29, 0.717) is 5.56 Å². The number of carbonyl (C=O) groups excluding carboxylic acids is 1. The van der Waals surface area contributed by atoms with Crippen molar-refractivity contribution in [3.05, 3.63) is 60.0 Å². The molecule has 1 spiro atoms. The smallest absolute Gasteiger partial charge is 0.253 e. The third-order valence-electron chi connectivity index (χ3n) is 5.32. The van der Waals surface area contributed by atoms with Crippen LogP contribution < -0.4 is 10.1 Å². The molecule has 1 amide bonds. The first-order valence-corrected chi connectivity index (χ1v) is 8.61. The molecular weight excluding hydrogens is 316 g/mol. The molecule has 3 heterocycles. The molecule has 6 heteroatoms. The van der Waals surface area contributed by atoms with Crippen LogP contribution in [0.5, 0.6) is 5.75 Å². The van der Waals surface area contributed by atoms with Crippen molar-refractivity contribution in [2.45, 2.75) is 37.3 Å². The van der Waals surface area contributed by atoms with E-state index in [2.05, 4.69) is 15.5 Å². The number of pyridine rings is 1. The maximum Gasteiger partial charge on any atom is 0.253 e. The lowest BCUT2D eigenvalue weighted by molar-refractivity contribution is -0.0360. The molecule has 5 rings (SSSR count). The maximum absolute atomic E-state index is 12.8. The lowest BCUT2D eigenvalue weighted by atomic mass is 9.73. The molecule has 1 saturated carbocycles. The van der Waals surface area contributed by atoms with Crippen LogP contribution in [0, 0.1) is 0 Å². The molecule has 3 aromatic rings. The summed E-state index contributed by atoms with van der Waals surface area (Å²) >= 11 is 0. The van der Waals surface area contributed by atoms with Crippen molar-refractivity contribution >= 4 is 11.6 Å². The van der Waals surface area contributed by atoms with Gasteiger partial charge in [0.1, 0.15) is 17.7 Å². The minimum Gasteiger partial charge on any atom is -0.487 e. The third kappa shape index (κ3) is 2.36. The van der Waals surface area contributed by atoms with E-state index >= 15 is 0 Å². The van der Waals surface area contributed by atoms with Crippen molar-refractivity contribution in [3.63, 3.8) is 0 Å². The molecular formula is C19H18N4O2. The first kappa shape index (κ1) is 14.5. The molecule has 2 aromatic heterocycles. The summed E-state index contributed by atoms with van der Waals surface area (Å²) in [4.78, 5) is 12.8. The summed E-state index contributed by atoms with van der Waals surface area (Å²) in [6.45, 7) is 0. The number of carbonyl (C=O) groups is 1. The first-order valence-electron chi connectivity index (χ1n) is 8.61. The zero-order valence-electron chi connectivity index (χ0n) is 13.7. The van der Waals surface area contributed by atoms with Gasteiger partial charge in [0.2, 0.25) is 0 Å². The van der Waals surface area contributed by atoms with Gasteiger partial charge in [0, 0.05) is 18.2 Å². The van der Waals surface area contributed by atoms with Gasteiger partial charge >= 0.3 is 0 Å². The number of para-hydroxylation sites is 1. The van der Waals surface area contributed by atoms with E-state index < -0.39 is 0 Å². The Morgan fingerprint density at radius 3 is 2.96 bits per heavy atom. The van der Waals surface area contributed by atoms with Gasteiger partial charge in [-0.1, -0.05) is 18.2 Å². The molecule has 6 nitrogen and oxygen atoms in total. The second-order valence-electron chi connectivity index (χ2n) is 6.92. The van der Waals surface area contributed by atoms with E-state index in [-0.39, 0.29) is 17.6 Å². The summed E-state index contributed by atoms with van der Waals surface area (Å²) in [7, 11) is 0. The third-order valence-corrected chi connectivity index (χ3v) is 5.32.